The number of unbranched alkanes of at least 4 members (excludes halogenated alkanes) is 2. The first kappa shape index (κ1) is 67.8. The number of nitrogens with zero attached hydrogens (tertiary/aromatic N) is 1. The zero-order valence-corrected chi connectivity index (χ0v) is 44.7. The summed E-state index contributed by atoms with van der Waals surface area (Å²) in [4.78, 5) is 137. The van der Waals surface area contributed by atoms with Crippen LogP contribution in [0.4, 0.5) is 0 Å². The lowest BCUT2D eigenvalue weighted by molar-refractivity contribution is -0.143. The van der Waals surface area contributed by atoms with Gasteiger partial charge in [0, 0.05) is 19.4 Å². The van der Waals surface area contributed by atoms with Crippen LogP contribution in [0, 0.1) is 11.8 Å². The molecule has 77 heavy (non-hydrogen) atoms. The summed E-state index contributed by atoms with van der Waals surface area (Å²) in [6.07, 6.45) is 0.0886. The Labute approximate surface area is 448 Å². The molecule has 0 spiro atoms. The molecule has 0 heterocycles. The summed E-state index contributed by atoms with van der Waals surface area (Å²) in [5, 5.41) is 58.3. The second kappa shape index (κ2) is 36.0. The van der Waals surface area contributed by atoms with Crippen molar-refractivity contribution < 1.29 is 68.4 Å². The van der Waals surface area contributed by atoms with E-state index in [0.29, 0.717) is 24.8 Å². The Morgan fingerprint density at radius 2 is 0.948 bits per heavy atom. The molecule has 8 amide bonds. The van der Waals surface area contributed by atoms with E-state index in [0.717, 1.165) is 0 Å². The number of nitrogens with two attached hydrogens (primary N) is 5. The number of aromatic hydroxyl groups is 1. The van der Waals surface area contributed by atoms with E-state index in [9.17, 15) is 68.4 Å². The Kier molecular flexibility index (Phi) is 31.7. The summed E-state index contributed by atoms with van der Waals surface area (Å²) in [6, 6.07) is -6.48. The van der Waals surface area contributed by atoms with Crippen molar-refractivity contribution in [1.29, 1.82) is 0 Å². The van der Waals surface area contributed by atoms with Crippen LogP contribution in [0.1, 0.15) is 111 Å². The van der Waals surface area contributed by atoms with Crippen LogP contribution in [0.15, 0.2) is 29.3 Å². The average Bonchev–Trinajstić information content (AvgIpc) is 3.36. The molecule has 0 aliphatic carbocycles. The highest BCUT2D eigenvalue weighted by molar-refractivity contribution is 5.98. The van der Waals surface area contributed by atoms with Crippen molar-refractivity contribution >= 4 is 65.2 Å². The third kappa shape index (κ3) is 26.9. The number of aliphatic imine (C=N–C) groups is 1. The fourth-order valence-corrected chi connectivity index (χ4v) is 7.41. The molecule has 0 unspecified atom stereocenters. The minimum atomic E-state index is -1.69. The van der Waals surface area contributed by atoms with Gasteiger partial charge < -0.3 is 91.6 Å². The van der Waals surface area contributed by atoms with E-state index in [-0.39, 0.29) is 88.1 Å². The molecule has 0 aliphatic heterocycles. The van der Waals surface area contributed by atoms with Crippen molar-refractivity contribution in [3.8, 4) is 5.75 Å². The van der Waals surface area contributed by atoms with E-state index in [4.69, 9.17) is 28.7 Å². The molecular weight excluding hydrogens is 1010 g/mol. The normalized spacial score (nSPS) is 14.6. The number of hydrogen-bond donors (Lipinski definition) is 17. The third-order valence-corrected chi connectivity index (χ3v) is 11.9. The number of rotatable bonds is 38. The first-order valence-corrected chi connectivity index (χ1v) is 25.7. The second-order valence-electron chi connectivity index (χ2n) is 19.4. The number of carboxylic acid groups (broad SMARTS) is 2. The molecule has 0 aliphatic rings. The van der Waals surface area contributed by atoms with Gasteiger partial charge in [0.15, 0.2) is 5.96 Å². The summed E-state index contributed by atoms with van der Waals surface area (Å²) in [6.45, 7) is 7.80. The lowest BCUT2D eigenvalue weighted by Crippen LogP contribution is -2.60. The number of amides is 8. The van der Waals surface area contributed by atoms with Gasteiger partial charge in [-0.15, -0.1) is 0 Å². The highest BCUT2D eigenvalue weighted by Gasteiger charge is 2.35. The zero-order valence-electron chi connectivity index (χ0n) is 44.7. The number of benzene rings is 1. The molecule has 1 aromatic rings. The summed E-state index contributed by atoms with van der Waals surface area (Å²) in [5.41, 5.74) is 28.9. The minimum Gasteiger partial charge on any atom is -0.508 e. The number of carboxylic acids is 2. The fourth-order valence-electron chi connectivity index (χ4n) is 7.41. The minimum absolute atomic E-state index is 0.0140. The van der Waals surface area contributed by atoms with Crippen molar-refractivity contribution in [2.24, 2.45) is 45.5 Å². The maximum absolute atomic E-state index is 14.1. The summed E-state index contributed by atoms with van der Waals surface area (Å²) in [5.74, 6) is -10.6. The third-order valence-electron chi connectivity index (χ3n) is 11.9. The van der Waals surface area contributed by atoms with Crippen LogP contribution in [0.5, 0.6) is 5.75 Å². The Bertz CT molecular complexity index is 2130. The topological polar surface area (TPSA) is 490 Å². The van der Waals surface area contributed by atoms with Crippen molar-refractivity contribution in [2.75, 3.05) is 26.2 Å². The van der Waals surface area contributed by atoms with E-state index in [2.05, 4.69) is 47.5 Å². The Morgan fingerprint density at radius 1 is 0.532 bits per heavy atom. The smallest absolute Gasteiger partial charge is 0.328 e. The number of hydrogen-bond acceptors (Lipinski definition) is 16. The van der Waals surface area contributed by atoms with Crippen LogP contribution >= 0.6 is 0 Å². The van der Waals surface area contributed by atoms with Gasteiger partial charge in [0.25, 0.3) is 0 Å². The van der Waals surface area contributed by atoms with Crippen molar-refractivity contribution in [2.45, 2.75) is 166 Å². The molecule has 28 heteroatoms. The molecule has 0 radical (unpaired) electrons. The van der Waals surface area contributed by atoms with E-state index >= 15 is 0 Å². The van der Waals surface area contributed by atoms with Gasteiger partial charge in [0.2, 0.25) is 47.3 Å². The molecular formula is C49H84N14O14. The van der Waals surface area contributed by atoms with Gasteiger partial charge in [-0.2, -0.15) is 0 Å². The number of aliphatic hydroxyl groups excluding tert-OH is 1. The maximum Gasteiger partial charge on any atom is 0.328 e. The largest absolute Gasteiger partial charge is 0.508 e. The van der Waals surface area contributed by atoms with Gasteiger partial charge in [-0.25, -0.2) is 4.79 Å². The monoisotopic (exact) mass is 1090 g/mol. The summed E-state index contributed by atoms with van der Waals surface area (Å²) in [7, 11) is 0. The van der Waals surface area contributed by atoms with Crippen molar-refractivity contribution in [1.82, 2.24) is 42.5 Å². The predicted molar refractivity (Wildman–Crippen MR) is 283 cm³/mol. The average molecular weight is 1090 g/mol. The Morgan fingerprint density at radius 3 is 1.38 bits per heavy atom. The highest BCUT2D eigenvalue weighted by Crippen LogP contribution is 2.14. The number of phenols is 1. The number of guanidine groups is 1. The van der Waals surface area contributed by atoms with E-state index in [1.54, 1.807) is 39.8 Å². The standard InChI is InChI=1S/C49H84N14O14/c1-26(2)23-35(61-46(74)36(62-47(75)39(52)27(3)4)24-29-14-16-30(65)17-15-29)45(73)56-28(5)40(68)57-33(13-10-22-55-49(53)54)42(70)60-34(18-19-38(66)67)44(72)59-31(11-6-8-20-50)41(69)58-32(12-7-9-21-51)43(71)63-37(25-64)48(76)77/h14-17,26-28,31-37,39,64-65H,6-13,18-25,50-52H2,1-5H3,(H,56,73)(H,57,68)(H,58,69)(H,59,72)(H,60,70)(H,61,74)(H,62,75)(H,63,71)(H,66,67)(H,76,77)(H4,53,54,55)/t28-,31-,32-,33-,34-,35-,36-,37-,39-/m0/s1. The van der Waals surface area contributed by atoms with Gasteiger partial charge in [-0.3, -0.25) is 48.1 Å². The number of nitrogens with one attached hydrogen (secondary N) is 8. The van der Waals surface area contributed by atoms with Crippen LogP contribution in [0.2, 0.25) is 0 Å². The molecule has 28 nitrogen and oxygen atoms in total. The maximum atomic E-state index is 14.1. The van der Waals surface area contributed by atoms with Crippen LogP contribution in [0.3, 0.4) is 0 Å². The molecule has 0 aromatic heterocycles. The molecule has 0 bridgehead atoms. The highest BCUT2D eigenvalue weighted by atomic mass is 16.4. The Balaban J connectivity index is 3.50. The number of aliphatic carboxylic acids is 2. The Hall–Kier alpha value is -7.17. The van der Waals surface area contributed by atoms with Crippen LogP contribution in [-0.2, 0) is 54.4 Å². The number of aliphatic hydroxyl groups is 1. The lowest BCUT2D eigenvalue weighted by atomic mass is 9.99. The predicted octanol–water partition coefficient (Wildman–Crippen LogP) is -3.88. The van der Waals surface area contributed by atoms with Gasteiger partial charge in [-0.1, -0.05) is 39.8 Å². The van der Waals surface area contributed by atoms with Gasteiger partial charge in [0.1, 0.15) is 54.1 Å². The second-order valence-corrected chi connectivity index (χ2v) is 19.4. The number of phenolic OH excluding ortho intramolecular Hbond substituents is 1. The van der Waals surface area contributed by atoms with Gasteiger partial charge >= 0.3 is 11.9 Å². The molecule has 9 atom stereocenters. The van der Waals surface area contributed by atoms with Crippen molar-refractivity contribution in [3.05, 3.63) is 29.8 Å². The first-order chi connectivity index (χ1) is 36.2. The summed E-state index contributed by atoms with van der Waals surface area (Å²) >= 11 is 0. The van der Waals surface area contributed by atoms with E-state index in [1.807, 2.05) is 0 Å². The van der Waals surface area contributed by atoms with Gasteiger partial charge in [0.05, 0.1) is 12.6 Å². The van der Waals surface area contributed by atoms with E-state index < -0.39 is 133 Å². The summed E-state index contributed by atoms with van der Waals surface area (Å²) < 4.78 is 0. The number of carbonyl (C=O) groups excluding carboxylic acids is 8. The molecule has 0 saturated heterocycles. The molecule has 22 N–H and O–H groups in total. The molecule has 1 aromatic carbocycles. The molecule has 1 rings (SSSR count). The number of carbonyl (C=O) groups is 10. The molecule has 0 fully saturated rings. The van der Waals surface area contributed by atoms with Crippen molar-refractivity contribution in [3.63, 3.8) is 0 Å². The van der Waals surface area contributed by atoms with Crippen LogP contribution in [0.25, 0.3) is 0 Å². The fraction of sp³-hybridized carbons (Fsp3) is 0.653. The molecule has 434 valence electrons. The van der Waals surface area contributed by atoms with Crippen LogP contribution < -0.4 is 71.2 Å². The van der Waals surface area contributed by atoms with Gasteiger partial charge in [-0.05, 0) is 114 Å². The first-order valence-electron chi connectivity index (χ1n) is 25.7. The lowest BCUT2D eigenvalue weighted by Gasteiger charge is -2.28. The SMILES string of the molecule is CC(C)C[C@H](NC(=O)[C@H](Cc1ccc(O)cc1)NC(=O)[C@@H](N)C(C)C)C(=O)N[C@@H](C)C(=O)N[C@@H](CCCN=C(N)N)C(=O)N[C@@H](CCC(=O)O)C(=O)N[C@@H](CCCCN)C(=O)N[C@@H](CCCCN)C(=O)N[C@@H](CO)C(=O)O. The zero-order chi connectivity index (χ0) is 58.4. The molecule has 0 saturated carbocycles. The quantitative estimate of drug-likeness (QED) is 0.0171. The van der Waals surface area contributed by atoms with Crippen LogP contribution in [-0.4, -0.2) is 166 Å². The van der Waals surface area contributed by atoms with E-state index in [1.165, 1.54) is 19.1 Å².